The van der Waals surface area contributed by atoms with Gasteiger partial charge in [0, 0.05) is 24.9 Å². The van der Waals surface area contributed by atoms with Gasteiger partial charge in [0.2, 0.25) is 0 Å². The normalized spacial score (nSPS) is 24.0. The molecule has 1 heterocycles. The molecule has 0 aromatic heterocycles. The van der Waals surface area contributed by atoms with Crippen LogP contribution in [0.4, 0.5) is 0 Å². The fourth-order valence-electron chi connectivity index (χ4n) is 5.24. The van der Waals surface area contributed by atoms with E-state index in [0.29, 0.717) is 19.6 Å². The summed E-state index contributed by atoms with van der Waals surface area (Å²) < 4.78 is 30.4. The molecule has 1 aliphatic rings. The van der Waals surface area contributed by atoms with Crippen molar-refractivity contribution in [3.8, 4) is 5.75 Å². The molecule has 0 amide bonds. The molecule has 0 saturated carbocycles. The molecule has 0 bridgehead atoms. The molecule has 1 aromatic carbocycles. The quantitative estimate of drug-likeness (QED) is 0.165. The van der Waals surface area contributed by atoms with E-state index >= 15 is 0 Å². The zero-order valence-electron chi connectivity index (χ0n) is 28.3. The summed E-state index contributed by atoms with van der Waals surface area (Å²) in [5, 5.41) is 11.3. The second-order valence-electron chi connectivity index (χ2n) is 14.4. The average Bonchev–Trinajstić information content (AvgIpc) is 2.88. The number of ether oxygens (including phenoxy) is 4. The number of benzene rings is 1. The zero-order chi connectivity index (χ0) is 32.0. The lowest BCUT2D eigenvalue weighted by molar-refractivity contribution is -0.322. The van der Waals surface area contributed by atoms with Crippen molar-refractivity contribution in [2.24, 2.45) is 17.8 Å². The first-order chi connectivity index (χ1) is 19.3. The third kappa shape index (κ3) is 10.3. The number of carbonyl (C=O) groups excluding carboxylic acids is 1. The Balaban J connectivity index is 2.11. The molecule has 0 spiro atoms. The minimum absolute atomic E-state index is 0.00544. The van der Waals surface area contributed by atoms with Crippen molar-refractivity contribution in [1.82, 2.24) is 0 Å². The van der Waals surface area contributed by atoms with Gasteiger partial charge in [-0.3, -0.25) is 4.79 Å². The SMILES string of the molecule is C=C(C)[C@@H]1OC(C)(C)O[C@@H]([C@H](C)[C@@H](O)CC(=O)[C@H](C[C@H](C)COCc2ccc(OC)cc2)O[Si](C)(C)C(C)(C)C)[C@@H]1C. The predicted octanol–water partition coefficient (Wildman–Crippen LogP) is 7.32. The minimum Gasteiger partial charge on any atom is -0.497 e. The second-order valence-corrected chi connectivity index (χ2v) is 19.2. The summed E-state index contributed by atoms with van der Waals surface area (Å²) in [6, 6.07) is 7.81. The van der Waals surface area contributed by atoms with Gasteiger partial charge in [0.1, 0.15) is 11.9 Å². The fourth-order valence-corrected chi connectivity index (χ4v) is 6.53. The average molecular weight is 607 g/mol. The Morgan fingerprint density at radius 2 is 1.74 bits per heavy atom. The highest BCUT2D eigenvalue weighted by molar-refractivity contribution is 6.74. The van der Waals surface area contributed by atoms with Crippen LogP contribution in [0.1, 0.15) is 80.7 Å². The largest absolute Gasteiger partial charge is 0.497 e. The summed E-state index contributed by atoms with van der Waals surface area (Å²) in [4.78, 5) is 13.8. The summed E-state index contributed by atoms with van der Waals surface area (Å²) in [5.74, 6) is -0.284. The Morgan fingerprint density at radius 1 is 1.14 bits per heavy atom. The number of aliphatic hydroxyl groups excluding tert-OH is 1. The molecule has 42 heavy (non-hydrogen) atoms. The summed E-state index contributed by atoms with van der Waals surface area (Å²) in [6.07, 6.45) is -1.42. The molecule has 0 radical (unpaired) electrons. The van der Waals surface area contributed by atoms with E-state index in [1.54, 1.807) is 7.11 Å². The van der Waals surface area contributed by atoms with E-state index in [1.807, 2.05) is 52.0 Å². The van der Waals surface area contributed by atoms with Crippen LogP contribution in [0, 0.1) is 17.8 Å². The van der Waals surface area contributed by atoms with E-state index in [0.717, 1.165) is 16.9 Å². The molecule has 240 valence electrons. The lowest BCUT2D eigenvalue weighted by Gasteiger charge is -2.48. The Labute approximate surface area is 256 Å². The van der Waals surface area contributed by atoms with E-state index in [2.05, 4.69) is 54.3 Å². The Morgan fingerprint density at radius 3 is 2.26 bits per heavy atom. The molecule has 7 nitrogen and oxygen atoms in total. The van der Waals surface area contributed by atoms with Gasteiger partial charge in [0.15, 0.2) is 19.9 Å². The second kappa shape index (κ2) is 15.0. The van der Waals surface area contributed by atoms with Crippen LogP contribution in [0.3, 0.4) is 0 Å². The van der Waals surface area contributed by atoms with Gasteiger partial charge in [-0.25, -0.2) is 0 Å². The van der Waals surface area contributed by atoms with Crippen molar-refractivity contribution >= 4 is 14.1 Å². The monoisotopic (exact) mass is 606 g/mol. The van der Waals surface area contributed by atoms with Gasteiger partial charge in [0.05, 0.1) is 32.0 Å². The third-order valence-electron chi connectivity index (χ3n) is 8.90. The number of carbonyl (C=O) groups is 1. The number of aliphatic hydroxyl groups is 1. The van der Waals surface area contributed by atoms with Gasteiger partial charge < -0.3 is 28.5 Å². The van der Waals surface area contributed by atoms with Crippen LogP contribution in [0.25, 0.3) is 0 Å². The van der Waals surface area contributed by atoms with E-state index in [9.17, 15) is 9.90 Å². The maximum Gasteiger partial charge on any atom is 0.193 e. The van der Waals surface area contributed by atoms with Crippen molar-refractivity contribution in [1.29, 1.82) is 0 Å². The van der Waals surface area contributed by atoms with Gasteiger partial charge in [0.25, 0.3) is 0 Å². The molecule has 0 unspecified atom stereocenters. The van der Waals surface area contributed by atoms with Crippen LogP contribution in [0.15, 0.2) is 36.4 Å². The number of Topliss-reactive ketones (excluding diaryl/α,β-unsaturated/α-hetero) is 1. The first kappa shape index (κ1) is 36.6. The topological polar surface area (TPSA) is 83.5 Å². The van der Waals surface area contributed by atoms with Crippen LogP contribution >= 0.6 is 0 Å². The predicted molar refractivity (Wildman–Crippen MR) is 171 cm³/mol. The lowest BCUT2D eigenvalue weighted by Crippen LogP contribution is -2.54. The summed E-state index contributed by atoms with van der Waals surface area (Å²) in [7, 11) is -0.611. The number of methoxy groups -OCH3 is 1. The fraction of sp³-hybridized carbons (Fsp3) is 0.735. The van der Waals surface area contributed by atoms with Gasteiger partial charge >= 0.3 is 0 Å². The van der Waals surface area contributed by atoms with Crippen LogP contribution in [0.5, 0.6) is 5.75 Å². The molecule has 1 aromatic rings. The zero-order valence-corrected chi connectivity index (χ0v) is 29.3. The molecule has 1 saturated heterocycles. The first-order valence-corrected chi connectivity index (χ1v) is 18.3. The molecule has 1 aliphatic heterocycles. The van der Waals surface area contributed by atoms with Crippen LogP contribution in [0.2, 0.25) is 18.1 Å². The molecule has 0 aliphatic carbocycles. The van der Waals surface area contributed by atoms with Gasteiger partial charge in [-0.15, -0.1) is 0 Å². The highest BCUT2D eigenvalue weighted by Gasteiger charge is 2.46. The third-order valence-corrected chi connectivity index (χ3v) is 13.4. The molecule has 2 rings (SSSR count). The number of rotatable bonds is 15. The van der Waals surface area contributed by atoms with E-state index in [4.69, 9.17) is 23.4 Å². The van der Waals surface area contributed by atoms with Crippen molar-refractivity contribution in [3.05, 3.63) is 42.0 Å². The smallest absolute Gasteiger partial charge is 0.193 e. The molecule has 1 N–H and O–H groups in total. The van der Waals surface area contributed by atoms with Gasteiger partial charge in [-0.1, -0.05) is 65.8 Å². The summed E-state index contributed by atoms with van der Waals surface area (Å²) in [5.41, 5.74) is 1.99. The molecular formula is C34H58O7Si. The van der Waals surface area contributed by atoms with Gasteiger partial charge in [-0.05, 0) is 68.9 Å². The molecular weight excluding hydrogens is 548 g/mol. The van der Waals surface area contributed by atoms with E-state index in [-0.39, 0.29) is 47.2 Å². The van der Waals surface area contributed by atoms with E-state index < -0.39 is 26.3 Å². The van der Waals surface area contributed by atoms with Crippen LogP contribution < -0.4 is 4.74 Å². The Hall–Kier alpha value is -1.55. The van der Waals surface area contributed by atoms with E-state index in [1.165, 1.54) is 0 Å². The van der Waals surface area contributed by atoms with Crippen molar-refractivity contribution in [2.45, 2.75) is 130 Å². The first-order valence-electron chi connectivity index (χ1n) is 15.4. The molecule has 8 heteroatoms. The molecule has 1 fully saturated rings. The Bertz CT molecular complexity index is 1010. The highest BCUT2D eigenvalue weighted by Crippen LogP contribution is 2.40. The van der Waals surface area contributed by atoms with Crippen LogP contribution in [-0.4, -0.2) is 63.1 Å². The minimum atomic E-state index is -2.26. The maximum absolute atomic E-state index is 13.8. The number of hydrogen-bond acceptors (Lipinski definition) is 7. The van der Waals surface area contributed by atoms with Crippen LogP contribution in [-0.2, 0) is 30.0 Å². The lowest BCUT2D eigenvalue weighted by atomic mass is 9.81. The number of hydrogen-bond donors (Lipinski definition) is 1. The molecule has 7 atom stereocenters. The Kier molecular flexibility index (Phi) is 13.0. The summed E-state index contributed by atoms with van der Waals surface area (Å²) >= 11 is 0. The number of ketones is 1. The van der Waals surface area contributed by atoms with Crippen molar-refractivity contribution in [3.63, 3.8) is 0 Å². The highest BCUT2D eigenvalue weighted by atomic mass is 28.4. The summed E-state index contributed by atoms with van der Waals surface area (Å²) in [6.45, 7) is 27.7. The van der Waals surface area contributed by atoms with Gasteiger partial charge in [-0.2, -0.15) is 0 Å². The maximum atomic E-state index is 13.8. The van der Waals surface area contributed by atoms with Crippen molar-refractivity contribution < 1.29 is 33.3 Å². The van der Waals surface area contributed by atoms with Crippen molar-refractivity contribution in [2.75, 3.05) is 13.7 Å². The standard InChI is InChI=1S/C34H58O7Si/c1-22(2)31-25(5)32(40-34(9,10)39-31)24(4)28(35)19-29(36)30(41-42(12,13)33(6,7)8)18-23(3)20-38-21-26-14-16-27(37-11)17-15-26/h14-17,23-25,28,30-32,35H,1,18-21H2,2-13H3/t23-,24+,25+,28-,30-,31-,32-/m0/s1.